The van der Waals surface area contributed by atoms with Crippen molar-refractivity contribution in [3.63, 3.8) is 0 Å². The predicted octanol–water partition coefficient (Wildman–Crippen LogP) is 3.86. The first-order valence-corrected chi connectivity index (χ1v) is 7.33. The Balaban J connectivity index is 1.83. The van der Waals surface area contributed by atoms with Crippen LogP contribution < -0.4 is 0 Å². The number of benzene rings is 1. The van der Waals surface area contributed by atoms with E-state index < -0.39 is 0 Å². The van der Waals surface area contributed by atoms with Crippen LogP contribution in [0.25, 0.3) is 17.1 Å². The lowest BCUT2D eigenvalue weighted by Crippen LogP contribution is -2.02. The van der Waals surface area contributed by atoms with Crippen molar-refractivity contribution in [1.82, 2.24) is 19.7 Å². The third-order valence-corrected chi connectivity index (χ3v) is 3.75. The highest BCUT2D eigenvalue weighted by molar-refractivity contribution is 6.29. The largest absolute Gasteiger partial charge is 0.232 e. The van der Waals surface area contributed by atoms with Gasteiger partial charge in [-0.15, -0.1) is 0 Å². The molecule has 4 rings (SSSR count). The number of hydrogen-bond donors (Lipinski definition) is 0. The zero-order chi connectivity index (χ0) is 14.2. The number of hydrogen-bond acceptors (Lipinski definition) is 3. The summed E-state index contributed by atoms with van der Waals surface area (Å²) in [4.78, 5) is 9.00. The van der Waals surface area contributed by atoms with Crippen LogP contribution in [-0.4, -0.2) is 19.7 Å². The Morgan fingerprint density at radius 1 is 1.05 bits per heavy atom. The number of nitrogens with zero attached hydrogens (tertiary/aromatic N) is 4. The smallest absolute Gasteiger partial charge is 0.133 e. The van der Waals surface area contributed by atoms with Gasteiger partial charge in [0.25, 0.3) is 0 Å². The molecule has 1 fully saturated rings. The van der Waals surface area contributed by atoms with Gasteiger partial charge in [0.05, 0.1) is 23.3 Å². The fraction of sp³-hybridized carbons (Fsp3) is 0.188. The Labute approximate surface area is 127 Å². The van der Waals surface area contributed by atoms with E-state index in [9.17, 15) is 0 Å². The average Bonchev–Trinajstić information content (AvgIpc) is 3.24. The van der Waals surface area contributed by atoms with E-state index in [1.165, 1.54) is 0 Å². The molecule has 0 unspecified atom stereocenters. The topological polar surface area (TPSA) is 43.6 Å². The van der Waals surface area contributed by atoms with Crippen LogP contribution in [0, 0.1) is 0 Å². The molecule has 5 heteroatoms. The van der Waals surface area contributed by atoms with E-state index in [-0.39, 0.29) is 0 Å². The van der Waals surface area contributed by atoms with Crippen LogP contribution in [0.5, 0.6) is 0 Å². The fourth-order valence-electron chi connectivity index (χ4n) is 2.36. The SMILES string of the molecule is Clc1cc(-c2ccnn2-c2ccccc2)nc(C2CC2)n1. The van der Waals surface area contributed by atoms with Gasteiger partial charge in [-0.2, -0.15) is 5.10 Å². The van der Waals surface area contributed by atoms with E-state index >= 15 is 0 Å². The van der Waals surface area contributed by atoms with Crippen LogP contribution in [0.3, 0.4) is 0 Å². The first-order valence-electron chi connectivity index (χ1n) is 6.95. The molecular weight excluding hydrogens is 284 g/mol. The van der Waals surface area contributed by atoms with Gasteiger partial charge in [-0.25, -0.2) is 14.6 Å². The molecule has 0 amide bonds. The van der Waals surface area contributed by atoms with Gasteiger partial charge in [0.1, 0.15) is 11.0 Å². The fourth-order valence-corrected chi connectivity index (χ4v) is 2.55. The standard InChI is InChI=1S/C16H13ClN4/c17-15-10-13(19-16(20-15)11-6-7-11)14-8-9-18-21(14)12-4-2-1-3-5-12/h1-5,8-11H,6-7H2. The normalized spacial score (nSPS) is 14.3. The maximum absolute atomic E-state index is 6.16. The molecule has 0 N–H and O–H groups in total. The monoisotopic (exact) mass is 296 g/mol. The molecule has 0 radical (unpaired) electrons. The molecule has 1 aliphatic rings. The van der Waals surface area contributed by atoms with Crippen molar-refractivity contribution in [2.45, 2.75) is 18.8 Å². The first kappa shape index (κ1) is 12.5. The van der Waals surface area contributed by atoms with E-state index in [1.54, 1.807) is 12.3 Å². The molecular formula is C16H13ClN4. The van der Waals surface area contributed by atoms with Crippen molar-refractivity contribution >= 4 is 11.6 Å². The second kappa shape index (κ2) is 4.97. The van der Waals surface area contributed by atoms with E-state index in [2.05, 4.69) is 15.1 Å². The van der Waals surface area contributed by atoms with Gasteiger partial charge in [0.15, 0.2) is 0 Å². The summed E-state index contributed by atoms with van der Waals surface area (Å²) in [6.45, 7) is 0. The Morgan fingerprint density at radius 2 is 1.86 bits per heavy atom. The van der Waals surface area contributed by atoms with Crippen LogP contribution in [0.15, 0.2) is 48.7 Å². The van der Waals surface area contributed by atoms with E-state index in [0.29, 0.717) is 11.1 Å². The second-order valence-electron chi connectivity index (χ2n) is 5.17. The summed E-state index contributed by atoms with van der Waals surface area (Å²) in [6, 6.07) is 13.7. The summed E-state index contributed by atoms with van der Waals surface area (Å²) in [5, 5.41) is 4.88. The molecule has 0 aliphatic heterocycles. The molecule has 0 bridgehead atoms. The lowest BCUT2D eigenvalue weighted by molar-refractivity contribution is 0.872. The Morgan fingerprint density at radius 3 is 2.62 bits per heavy atom. The highest BCUT2D eigenvalue weighted by Gasteiger charge is 2.27. The Bertz CT molecular complexity index is 778. The van der Waals surface area contributed by atoms with Gasteiger partial charge in [-0.1, -0.05) is 29.8 Å². The molecule has 2 heterocycles. The van der Waals surface area contributed by atoms with E-state index in [4.69, 9.17) is 11.6 Å². The number of halogens is 1. The summed E-state index contributed by atoms with van der Waals surface area (Å²) in [6.07, 6.45) is 4.07. The molecule has 2 aromatic heterocycles. The summed E-state index contributed by atoms with van der Waals surface area (Å²) < 4.78 is 1.87. The number of aromatic nitrogens is 4. The quantitative estimate of drug-likeness (QED) is 0.689. The van der Waals surface area contributed by atoms with Crippen molar-refractivity contribution in [2.24, 2.45) is 0 Å². The molecule has 0 spiro atoms. The summed E-state index contributed by atoms with van der Waals surface area (Å²) in [7, 11) is 0. The van der Waals surface area contributed by atoms with Crippen LogP contribution in [0.4, 0.5) is 0 Å². The average molecular weight is 297 g/mol. The summed E-state index contributed by atoms with van der Waals surface area (Å²) in [5.74, 6) is 1.31. The highest BCUT2D eigenvalue weighted by atomic mass is 35.5. The Kier molecular flexibility index (Phi) is 2.97. The minimum absolute atomic E-state index is 0.468. The van der Waals surface area contributed by atoms with Gasteiger partial charge in [-0.05, 0) is 31.0 Å². The highest BCUT2D eigenvalue weighted by Crippen LogP contribution is 2.39. The molecule has 4 nitrogen and oxygen atoms in total. The van der Waals surface area contributed by atoms with Crippen molar-refractivity contribution in [2.75, 3.05) is 0 Å². The van der Waals surface area contributed by atoms with Crippen LogP contribution in [0.1, 0.15) is 24.6 Å². The van der Waals surface area contributed by atoms with Crippen molar-refractivity contribution in [3.8, 4) is 17.1 Å². The van der Waals surface area contributed by atoms with Crippen LogP contribution >= 0.6 is 11.6 Å². The third kappa shape index (κ3) is 2.43. The van der Waals surface area contributed by atoms with Crippen LogP contribution in [0.2, 0.25) is 5.15 Å². The summed E-state index contributed by atoms with van der Waals surface area (Å²) >= 11 is 6.16. The zero-order valence-corrected chi connectivity index (χ0v) is 12.0. The molecule has 0 atom stereocenters. The summed E-state index contributed by atoms with van der Waals surface area (Å²) in [5.41, 5.74) is 2.74. The van der Waals surface area contributed by atoms with Crippen LogP contribution in [-0.2, 0) is 0 Å². The van der Waals surface area contributed by atoms with Crippen molar-refractivity contribution < 1.29 is 0 Å². The first-order chi connectivity index (χ1) is 10.3. The van der Waals surface area contributed by atoms with Gasteiger partial charge >= 0.3 is 0 Å². The molecule has 1 aromatic carbocycles. The maximum atomic E-state index is 6.16. The second-order valence-corrected chi connectivity index (χ2v) is 5.56. The van der Waals surface area contributed by atoms with Crippen molar-refractivity contribution in [1.29, 1.82) is 0 Å². The lowest BCUT2D eigenvalue weighted by Gasteiger charge is -2.08. The molecule has 0 saturated heterocycles. The molecule has 3 aromatic rings. The van der Waals surface area contributed by atoms with E-state index in [1.807, 2.05) is 41.1 Å². The number of rotatable bonds is 3. The zero-order valence-electron chi connectivity index (χ0n) is 11.3. The predicted molar refractivity (Wildman–Crippen MR) is 81.6 cm³/mol. The van der Waals surface area contributed by atoms with Gasteiger partial charge in [-0.3, -0.25) is 0 Å². The van der Waals surface area contributed by atoms with Gasteiger partial charge in [0, 0.05) is 12.0 Å². The van der Waals surface area contributed by atoms with Gasteiger partial charge in [0.2, 0.25) is 0 Å². The van der Waals surface area contributed by atoms with E-state index in [0.717, 1.165) is 35.7 Å². The molecule has 1 aliphatic carbocycles. The third-order valence-electron chi connectivity index (χ3n) is 3.56. The minimum atomic E-state index is 0.468. The van der Waals surface area contributed by atoms with Crippen molar-refractivity contribution in [3.05, 3.63) is 59.6 Å². The molecule has 21 heavy (non-hydrogen) atoms. The number of para-hydroxylation sites is 1. The minimum Gasteiger partial charge on any atom is -0.232 e. The van der Waals surface area contributed by atoms with Gasteiger partial charge < -0.3 is 0 Å². The maximum Gasteiger partial charge on any atom is 0.133 e. The molecule has 1 saturated carbocycles. The molecule has 104 valence electrons. The lowest BCUT2D eigenvalue weighted by atomic mass is 10.2. The Hall–Kier alpha value is -2.20.